The summed E-state index contributed by atoms with van der Waals surface area (Å²) in [7, 11) is 0. The first-order valence-corrected chi connectivity index (χ1v) is 7.41. The molecule has 0 amide bonds. The summed E-state index contributed by atoms with van der Waals surface area (Å²) in [5.41, 5.74) is -0.758. The van der Waals surface area contributed by atoms with Crippen molar-refractivity contribution in [3.63, 3.8) is 0 Å². The normalized spacial score (nSPS) is 14.3. The maximum absolute atomic E-state index is 10.1. The molecule has 0 aliphatic carbocycles. The highest BCUT2D eigenvalue weighted by atomic mass is 32.2. The van der Waals surface area contributed by atoms with Gasteiger partial charge < -0.3 is 15.2 Å². The summed E-state index contributed by atoms with van der Waals surface area (Å²) in [5, 5.41) is 13.2. The van der Waals surface area contributed by atoms with Gasteiger partial charge in [-0.15, -0.1) is 0 Å². The van der Waals surface area contributed by atoms with E-state index in [1.54, 1.807) is 18.0 Å². The maximum atomic E-state index is 10.1. The molecule has 0 saturated heterocycles. The van der Waals surface area contributed by atoms with Crippen LogP contribution in [0.25, 0.3) is 0 Å². The van der Waals surface area contributed by atoms with E-state index in [9.17, 15) is 5.11 Å². The van der Waals surface area contributed by atoms with E-state index in [4.69, 9.17) is 4.74 Å². The molecule has 0 bridgehead atoms. The number of hydrogen-bond acceptors (Lipinski definition) is 5. The van der Waals surface area contributed by atoms with Gasteiger partial charge in [-0.05, 0) is 39.2 Å². The van der Waals surface area contributed by atoms with Crippen LogP contribution >= 0.6 is 11.8 Å². The Hall–Kier alpha value is -0.940. The van der Waals surface area contributed by atoms with Crippen molar-refractivity contribution in [3.8, 4) is 5.75 Å². The highest BCUT2D eigenvalue weighted by molar-refractivity contribution is 7.98. The molecular formula is C13H22N2O2S. The number of pyridine rings is 1. The minimum Gasteiger partial charge on any atom is -0.487 e. The van der Waals surface area contributed by atoms with Gasteiger partial charge in [-0.1, -0.05) is 0 Å². The van der Waals surface area contributed by atoms with Crippen molar-refractivity contribution in [2.75, 3.05) is 23.9 Å². The monoisotopic (exact) mass is 270 g/mol. The predicted molar refractivity (Wildman–Crippen MR) is 77.5 cm³/mol. The summed E-state index contributed by atoms with van der Waals surface area (Å²) in [4.78, 5) is 4.24. The molecule has 5 heteroatoms. The molecule has 1 unspecified atom stereocenters. The third-order valence-electron chi connectivity index (χ3n) is 2.23. The first-order chi connectivity index (χ1) is 8.44. The molecule has 18 heavy (non-hydrogen) atoms. The van der Waals surface area contributed by atoms with E-state index in [0.29, 0.717) is 23.9 Å². The average Bonchev–Trinajstić information content (AvgIpc) is 2.27. The molecule has 0 aliphatic rings. The van der Waals surface area contributed by atoms with Crippen LogP contribution in [-0.2, 0) is 0 Å². The number of aromatic nitrogens is 1. The van der Waals surface area contributed by atoms with E-state index >= 15 is 0 Å². The van der Waals surface area contributed by atoms with Crippen LogP contribution in [0.5, 0.6) is 5.75 Å². The molecule has 0 saturated carbocycles. The Morgan fingerprint density at radius 3 is 2.89 bits per heavy atom. The molecule has 1 aromatic heterocycles. The molecule has 1 aromatic rings. The van der Waals surface area contributed by atoms with E-state index in [2.05, 4.69) is 10.3 Å². The molecule has 1 rings (SSSR count). The summed E-state index contributed by atoms with van der Waals surface area (Å²) < 4.78 is 5.66. The number of rotatable bonds is 7. The smallest absolute Gasteiger partial charge is 0.168 e. The lowest BCUT2D eigenvalue weighted by Crippen LogP contribution is -2.36. The zero-order valence-corrected chi connectivity index (χ0v) is 12.3. The average molecular weight is 270 g/mol. The number of ether oxygens (including phenoxy) is 1. The largest absolute Gasteiger partial charge is 0.487 e. The summed E-state index contributed by atoms with van der Waals surface area (Å²) in [5.74, 6) is 2.06. The second-order valence-electron chi connectivity index (χ2n) is 4.80. The second-order valence-corrected chi connectivity index (χ2v) is 5.67. The van der Waals surface area contributed by atoms with Crippen LogP contribution in [0.3, 0.4) is 0 Å². The first kappa shape index (κ1) is 15.1. The van der Waals surface area contributed by atoms with Crippen LogP contribution in [0.1, 0.15) is 20.8 Å². The molecule has 2 N–H and O–H groups in total. The summed E-state index contributed by atoms with van der Waals surface area (Å²) in [6, 6.07) is 3.71. The zero-order chi connectivity index (χ0) is 13.6. The fourth-order valence-electron chi connectivity index (χ4n) is 1.51. The Morgan fingerprint density at radius 2 is 2.28 bits per heavy atom. The quantitative estimate of drug-likeness (QED) is 0.797. The van der Waals surface area contributed by atoms with Gasteiger partial charge in [-0.25, -0.2) is 4.98 Å². The summed E-state index contributed by atoms with van der Waals surface area (Å²) in [6.07, 6.45) is 3.78. The van der Waals surface area contributed by atoms with Crippen LogP contribution in [0.2, 0.25) is 0 Å². The van der Waals surface area contributed by atoms with Crippen molar-refractivity contribution in [1.82, 2.24) is 4.98 Å². The fourth-order valence-corrected chi connectivity index (χ4v) is 2.23. The third-order valence-corrected chi connectivity index (χ3v) is 3.14. The Morgan fingerprint density at radius 1 is 1.56 bits per heavy atom. The molecule has 4 nitrogen and oxygen atoms in total. The number of nitrogens with zero attached hydrogens (tertiary/aromatic N) is 1. The van der Waals surface area contributed by atoms with E-state index < -0.39 is 5.60 Å². The number of thioether (sulfide) groups is 1. The molecule has 0 fully saturated rings. The van der Waals surface area contributed by atoms with E-state index in [-0.39, 0.29) is 6.10 Å². The first-order valence-electron chi connectivity index (χ1n) is 6.01. The van der Waals surface area contributed by atoms with Crippen molar-refractivity contribution in [3.05, 3.63) is 18.3 Å². The minimum atomic E-state index is -0.758. The van der Waals surface area contributed by atoms with Crippen LogP contribution in [-0.4, -0.2) is 40.3 Å². The fraction of sp³-hybridized carbons (Fsp3) is 0.615. The van der Waals surface area contributed by atoms with Crippen LogP contribution in [0, 0.1) is 0 Å². The molecular weight excluding hydrogens is 248 g/mol. The Labute approximate surface area is 113 Å². The van der Waals surface area contributed by atoms with Gasteiger partial charge in [0.25, 0.3) is 0 Å². The van der Waals surface area contributed by atoms with E-state index in [0.717, 1.165) is 0 Å². The molecule has 1 heterocycles. The van der Waals surface area contributed by atoms with Crippen molar-refractivity contribution in [2.45, 2.75) is 32.5 Å². The molecule has 0 aromatic carbocycles. The van der Waals surface area contributed by atoms with E-state index in [1.165, 1.54) is 0 Å². The van der Waals surface area contributed by atoms with Gasteiger partial charge in [0.1, 0.15) is 0 Å². The second kappa shape index (κ2) is 6.85. The number of hydrogen-bond donors (Lipinski definition) is 2. The Balaban J connectivity index is 2.66. The van der Waals surface area contributed by atoms with Gasteiger partial charge in [0, 0.05) is 18.5 Å². The molecule has 0 spiro atoms. The lowest BCUT2D eigenvalue weighted by molar-refractivity contribution is 0.0995. The molecule has 0 radical (unpaired) electrons. The van der Waals surface area contributed by atoms with Gasteiger partial charge in [-0.2, -0.15) is 11.8 Å². The zero-order valence-electron chi connectivity index (χ0n) is 11.4. The van der Waals surface area contributed by atoms with Crippen molar-refractivity contribution >= 4 is 17.6 Å². The highest BCUT2D eigenvalue weighted by Gasteiger charge is 2.20. The lowest BCUT2D eigenvalue weighted by atomic mass is 10.1. The predicted octanol–water partition coefficient (Wildman–Crippen LogP) is 2.39. The topological polar surface area (TPSA) is 54.4 Å². The van der Waals surface area contributed by atoms with Crippen LogP contribution in [0.15, 0.2) is 18.3 Å². The van der Waals surface area contributed by atoms with Crippen molar-refractivity contribution in [1.29, 1.82) is 0 Å². The Bertz CT molecular complexity index is 370. The Kier molecular flexibility index (Phi) is 5.75. The number of anilines is 1. The standard InChI is InChI=1S/C13H22N2O2S/c1-10(2)17-11-6-5-7-14-12(11)15-8-13(3,16)9-18-4/h5-7,10,16H,8-9H2,1-4H3,(H,14,15). The SMILES string of the molecule is CSCC(C)(O)CNc1ncccc1OC(C)C. The minimum absolute atomic E-state index is 0.0986. The van der Waals surface area contributed by atoms with Crippen LogP contribution < -0.4 is 10.1 Å². The third kappa shape index (κ3) is 5.14. The van der Waals surface area contributed by atoms with E-state index in [1.807, 2.05) is 39.2 Å². The maximum Gasteiger partial charge on any atom is 0.168 e. The van der Waals surface area contributed by atoms with Gasteiger partial charge in [0.15, 0.2) is 11.6 Å². The molecule has 102 valence electrons. The van der Waals surface area contributed by atoms with Gasteiger partial charge in [0.2, 0.25) is 0 Å². The summed E-state index contributed by atoms with van der Waals surface area (Å²) >= 11 is 1.62. The van der Waals surface area contributed by atoms with Gasteiger partial charge in [0.05, 0.1) is 11.7 Å². The molecule has 1 atom stereocenters. The van der Waals surface area contributed by atoms with Crippen LogP contribution in [0.4, 0.5) is 5.82 Å². The lowest BCUT2D eigenvalue weighted by Gasteiger charge is -2.23. The highest BCUT2D eigenvalue weighted by Crippen LogP contribution is 2.23. The molecule has 0 aliphatic heterocycles. The van der Waals surface area contributed by atoms with Crippen molar-refractivity contribution in [2.24, 2.45) is 0 Å². The number of nitrogens with one attached hydrogen (secondary N) is 1. The van der Waals surface area contributed by atoms with Gasteiger partial charge >= 0.3 is 0 Å². The number of aliphatic hydroxyl groups is 1. The summed E-state index contributed by atoms with van der Waals surface area (Å²) in [6.45, 7) is 6.20. The van der Waals surface area contributed by atoms with Gasteiger partial charge in [-0.3, -0.25) is 0 Å². The van der Waals surface area contributed by atoms with Crippen molar-refractivity contribution < 1.29 is 9.84 Å².